The van der Waals surface area contributed by atoms with Crippen LogP contribution in [0.1, 0.15) is 28.8 Å². The second-order valence-corrected chi connectivity index (χ2v) is 4.24. The topological polar surface area (TPSA) is 37.4 Å². The third-order valence-corrected chi connectivity index (χ3v) is 3.30. The lowest BCUT2D eigenvalue weighted by Crippen LogP contribution is -2.42. The van der Waals surface area contributed by atoms with Crippen molar-refractivity contribution in [2.24, 2.45) is 0 Å². The standard InChI is InChI=1S/C12H10FNO2/c13-8-1-2-9-7(5-8)6-14-10(12(9)16)3-4-11(14)15/h1-2,5,10H,3-4,6H2. The van der Waals surface area contributed by atoms with Crippen molar-refractivity contribution in [3.05, 3.63) is 35.1 Å². The van der Waals surface area contributed by atoms with Crippen LogP contribution < -0.4 is 0 Å². The molecular formula is C12H10FNO2. The minimum Gasteiger partial charge on any atom is -0.328 e. The lowest BCUT2D eigenvalue weighted by atomic mass is 9.93. The van der Waals surface area contributed by atoms with Crippen LogP contribution in [0.4, 0.5) is 4.39 Å². The van der Waals surface area contributed by atoms with E-state index in [1.807, 2.05) is 0 Å². The molecule has 2 heterocycles. The fraction of sp³-hybridized carbons (Fsp3) is 0.333. The summed E-state index contributed by atoms with van der Waals surface area (Å²) in [6, 6.07) is 3.84. The van der Waals surface area contributed by atoms with Crippen LogP contribution in [0.3, 0.4) is 0 Å². The van der Waals surface area contributed by atoms with Crippen molar-refractivity contribution in [1.29, 1.82) is 0 Å². The third kappa shape index (κ3) is 1.19. The van der Waals surface area contributed by atoms with Gasteiger partial charge in [-0.3, -0.25) is 9.59 Å². The molecule has 0 spiro atoms. The van der Waals surface area contributed by atoms with Gasteiger partial charge in [0.15, 0.2) is 5.78 Å². The first-order chi connectivity index (χ1) is 7.66. The molecule has 1 aromatic rings. The number of amides is 1. The summed E-state index contributed by atoms with van der Waals surface area (Å²) in [5.41, 5.74) is 1.19. The Kier molecular flexibility index (Phi) is 1.87. The molecule has 1 unspecified atom stereocenters. The van der Waals surface area contributed by atoms with Crippen LogP contribution in [0.25, 0.3) is 0 Å². The molecule has 1 saturated heterocycles. The number of carbonyl (C=O) groups excluding carboxylic acids is 2. The zero-order chi connectivity index (χ0) is 11.3. The van der Waals surface area contributed by atoms with E-state index in [-0.39, 0.29) is 23.5 Å². The van der Waals surface area contributed by atoms with Crippen LogP contribution in [0.15, 0.2) is 18.2 Å². The number of ketones is 1. The Morgan fingerprint density at radius 2 is 2.12 bits per heavy atom. The predicted molar refractivity (Wildman–Crippen MR) is 54.3 cm³/mol. The largest absolute Gasteiger partial charge is 0.328 e. The summed E-state index contributed by atoms with van der Waals surface area (Å²) in [5, 5.41) is 0. The zero-order valence-corrected chi connectivity index (χ0v) is 8.57. The summed E-state index contributed by atoms with van der Waals surface area (Å²) in [6.45, 7) is 0.363. The molecule has 16 heavy (non-hydrogen) atoms. The normalized spacial score (nSPS) is 23.3. The summed E-state index contributed by atoms with van der Waals surface area (Å²) in [6.07, 6.45) is 1.02. The van der Waals surface area contributed by atoms with Gasteiger partial charge in [-0.15, -0.1) is 0 Å². The molecule has 3 nitrogen and oxygen atoms in total. The number of rotatable bonds is 0. The number of halogens is 1. The number of carbonyl (C=O) groups is 2. The summed E-state index contributed by atoms with van der Waals surface area (Å²) in [4.78, 5) is 25.1. The fourth-order valence-electron chi connectivity index (χ4n) is 2.50. The maximum absolute atomic E-state index is 13.0. The van der Waals surface area contributed by atoms with Crippen molar-refractivity contribution in [2.45, 2.75) is 25.4 Å². The predicted octanol–water partition coefficient (Wildman–Crippen LogP) is 1.51. The van der Waals surface area contributed by atoms with Crippen molar-refractivity contribution in [3.63, 3.8) is 0 Å². The van der Waals surface area contributed by atoms with E-state index in [9.17, 15) is 14.0 Å². The number of hydrogen-bond acceptors (Lipinski definition) is 2. The first kappa shape index (κ1) is 9.51. The molecule has 0 radical (unpaired) electrons. The molecular weight excluding hydrogens is 209 g/mol. The third-order valence-electron chi connectivity index (χ3n) is 3.30. The van der Waals surface area contributed by atoms with Crippen LogP contribution >= 0.6 is 0 Å². The quantitative estimate of drug-likeness (QED) is 0.663. The minimum absolute atomic E-state index is 0.00624. The number of hydrogen-bond donors (Lipinski definition) is 0. The molecule has 0 aromatic heterocycles. The molecule has 0 aliphatic carbocycles. The van der Waals surface area contributed by atoms with Crippen molar-refractivity contribution in [1.82, 2.24) is 4.90 Å². The van der Waals surface area contributed by atoms with Crippen LogP contribution in [-0.2, 0) is 11.3 Å². The van der Waals surface area contributed by atoms with Crippen LogP contribution in [-0.4, -0.2) is 22.6 Å². The van der Waals surface area contributed by atoms with E-state index in [2.05, 4.69) is 0 Å². The van der Waals surface area contributed by atoms with Gasteiger partial charge < -0.3 is 4.90 Å². The van der Waals surface area contributed by atoms with E-state index >= 15 is 0 Å². The van der Waals surface area contributed by atoms with E-state index in [1.165, 1.54) is 18.2 Å². The summed E-state index contributed by atoms with van der Waals surface area (Å²) in [7, 11) is 0. The van der Waals surface area contributed by atoms with E-state index in [4.69, 9.17) is 0 Å². The van der Waals surface area contributed by atoms with E-state index in [0.29, 0.717) is 30.5 Å². The highest BCUT2D eigenvalue weighted by atomic mass is 19.1. The smallest absolute Gasteiger partial charge is 0.223 e. The highest BCUT2D eigenvalue weighted by Crippen LogP contribution is 2.31. The molecule has 2 aliphatic heterocycles. The fourth-order valence-corrected chi connectivity index (χ4v) is 2.50. The maximum atomic E-state index is 13.0. The Balaban J connectivity index is 2.10. The number of fused-ring (bicyclic) bond motifs is 2. The second kappa shape index (κ2) is 3.14. The molecule has 82 valence electrons. The van der Waals surface area contributed by atoms with E-state index < -0.39 is 0 Å². The number of nitrogens with zero attached hydrogens (tertiary/aromatic N) is 1. The lowest BCUT2D eigenvalue weighted by molar-refractivity contribution is -0.129. The van der Waals surface area contributed by atoms with Gasteiger partial charge in [-0.25, -0.2) is 4.39 Å². The number of benzene rings is 1. The Morgan fingerprint density at radius 3 is 2.94 bits per heavy atom. The Bertz CT molecular complexity index is 498. The average molecular weight is 219 g/mol. The summed E-state index contributed by atoms with van der Waals surface area (Å²) in [5.74, 6) is -0.419. The molecule has 1 fully saturated rings. The molecule has 1 aromatic carbocycles. The van der Waals surface area contributed by atoms with E-state index in [0.717, 1.165) is 0 Å². The number of Topliss-reactive ketones (excluding diaryl/α,β-unsaturated/α-hetero) is 1. The Hall–Kier alpha value is -1.71. The summed E-state index contributed by atoms with van der Waals surface area (Å²) >= 11 is 0. The van der Waals surface area contributed by atoms with E-state index in [1.54, 1.807) is 4.90 Å². The SMILES string of the molecule is O=C1c2ccc(F)cc2CN2C(=O)CCC12. The Labute approximate surface area is 91.9 Å². The minimum atomic E-state index is -0.364. The lowest BCUT2D eigenvalue weighted by Gasteiger charge is -2.30. The first-order valence-corrected chi connectivity index (χ1v) is 5.29. The molecule has 3 rings (SSSR count). The Morgan fingerprint density at radius 1 is 1.31 bits per heavy atom. The molecule has 0 N–H and O–H groups in total. The molecule has 4 heteroatoms. The van der Waals surface area contributed by atoms with Crippen molar-refractivity contribution in [3.8, 4) is 0 Å². The van der Waals surface area contributed by atoms with Crippen LogP contribution in [0.2, 0.25) is 0 Å². The van der Waals surface area contributed by atoms with Crippen LogP contribution in [0.5, 0.6) is 0 Å². The second-order valence-electron chi connectivity index (χ2n) is 4.24. The highest BCUT2D eigenvalue weighted by Gasteiger charge is 2.40. The van der Waals surface area contributed by atoms with Gasteiger partial charge >= 0.3 is 0 Å². The molecule has 0 saturated carbocycles. The van der Waals surface area contributed by atoms with Crippen molar-refractivity contribution in [2.75, 3.05) is 0 Å². The molecule has 1 atom stereocenters. The van der Waals surface area contributed by atoms with Gasteiger partial charge in [-0.1, -0.05) is 0 Å². The van der Waals surface area contributed by atoms with Crippen molar-refractivity contribution < 1.29 is 14.0 Å². The monoisotopic (exact) mass is 219 g/mol. The summed E-state index contributed by atoms with van der Waals surface area (Å²) < 4.78 is 13.0. The van der Waals surface area contributed by atoms with Gasteiger partial charge in [0.2, 0.25) is 5.91 Å². The molecule has 2 aliphatic rings. The molecule has 1 amide bonds. The van der Waals surface area contributed by atoms with Gasteiger partial charge in [0.05, 0.1) is 6.04 Å². The maximum Gasteiger partial charge on any atom is 0.223 e. The van der Waals surface area contributed by atoms with Gasteiger partial charge in [0.1, 0.15) is 5.82 Å². The van der Waals surface area contributed by atoms with Crippen molar-refractivity contribution >= 4 is 11.7 Å². The van der Waals surface area contributed by atoms with Gasteiger partial charge in [-0.05, 0) is 30.2 Å². The highest BCUT2D eigenvalue weighted by molar-refractivity contribution is 6.05. The first-order valence-electron chi connectivity index (χ1n) is 5.29. The van der Waals surface area contributed by atoms with Gasteiger partial charge in [-0.2, -0.15) is 0 Å². The molecule has 0 bridgehead atoms. The van der Waals surface area contributed by atoms with Crippen LogP contribution in [0, 0.1) is 5.82 Å². The average Bonchev–Trinajstić information content (AvgIpc) is 2.61. The van der Waals surface area contributed by atoms with Gasteiger partial charge in [0, 0.05) is 18.5 Å². The van der Waals surface area contributed by atoms with Gasteiger partial charge in [0.25, 0.3) is 0 Å². The zero-order valence-electron chi connectivity index (χ0n) is 8.57.